The Labute approximate surface area is 235 Å². The van der Waals surface area contributed by atoms with Gasteiger partial charge in [-0.15, -0.1) is 34.0 Å². The van der Waals surface area contributed by atoms with Crippen LogP contribution in [-0.2, 0) is 32.1 Å². The minimum atomic E-state index is -1.02. The molecule has 0 aromatic heterocycles. The second kappa shape index (κ2) is 16.4. The maximum atomic E-state index is 13.3. The van der Waals surface area contributed by atoms with Gasteiger partial charge in [0.25, 0.3) is 0 Å². The smallest absolute Gasteiger partial charge is 0.326 e. The molecule has 1 fully saturated rings. The van der Waals surface area contributed by atoms with Gasteiger partial charge in [-0.25, -0.2) is 4.79 Å². The van der Waals surface area contributed by atoms with E-state index in [1.54, 1.807) is 13.8 Å². The lowest BCUT2D eigenvalue weighted by atomic mass is 9.91. The number of aliphatic carboxylic acids is 1. The first-order chi connectivity index (χ1) is 16.4. The summed E-state index contributed by atoms with van der Waals surface area (Å²) in [5, 5.41) is 16.3. The zero-order chi connectivity index (χ0) is 24.5. The van der Waals surface area contributed by atoms with Gasteiger partial charge in [-0.2, -0.15) is 0 Å². The van der Waals surface area contributed by atoms with Crippen LogP contribution in [0, 0.1) is 5.92 Å². The van der Waals surface area contributed by atoms with Gasteiger partial charge in [-0.1, -0.05) is 43.5 Å². The summed E-state index contributed by atoms with van der Waals surface area (Å²) in [6.45, 7) is 6.15. The summed E-state index contributed by atoms with van der Waals surface area (Å²) in [4.78, 5) is 39.3. The Morgan fingerprint density at radius 1 is 1.14 bits per heavy atom. The van der Waals surface area contributed by atoms with Crippen LogP contribution in [0.25, 0.3) is 0 Å². The van der Waals surface area contributed by atoms with E-state index in [-0.39, 0.29) is 65.4 Å². The number of esters is 1. The van der Waals surface area contributed by atoms with Gasteiger partial charge in [0.1, 0.15) is 12.1 Å². The number of benzene rings is 1. The lowest BCUT2D eigenvalue weighted by molar-refractivity contribution is -0.153. The van der Waals surface area contributed by atoms with Crippen molar-refractivity contribution in [3.8, 4) is 0 Å². The Balaban J connectivity index is 0.00000324. The van der Waals surface area contributed by atoms with Crippen LogP contribution < -0.4 is 10.6 Å². The zero-order valence-electron chi connectivity index (χ0n) is 21.2. The van der Waals surface area contributed by atoms with Crippen molar-refractivity contribution in [3.05, 3.63) is 35.4 Å². The third kappa shape index (κ3) is 9.11. The molecular formula is C26H41Br2N3O5. The maximum Gasteiger partial charge on any atom is 0.326 e. The highest BCUT2D eigenvalue weighted by Crippen LogP contribution is 2.25. The van der Waals surface area contributed by atoms with E-state index in [0.717, 1.165) is 49.4 Å². The normalized spacial score (nSPS) is 19.2. The Bertz CT molecular complexity index is 851. The van der Waals surface area contributed by atoms with Crippen LogP contribution in [0.3, 0.4) is 0 Å². The number of hydrogen-bond donors (Lipinski definition) is 3. The molecule has 2 aliphatic heterocycles. The number of rotatable bonds is 11. The van der Waals surface area contributed by atoms with Crippen molar-refractivity contribution >= 4 is 51.8 Å². The van der Waals surface area contributed by atoms with Crippen molar-refractivity contribution in [2.75, 3.05) is 19.7 Å². The number of nitrogens with one attached hydrogen (secondary N) is 2. The molecular weight excluding hydrogens is 594 g/mol. The van der Waals surface area contributed by atoms with Gasteiger partial charge in [0.15, 0.2) is 0 Å². The Morgan fingerprint density at radius 2 is 1.81 bits per heavy atom. The summed E-state index contributed by atoms with van der Waals surface area (Å²) >= 11 is 0. The van der Waals surface area contributed by atoms with Gasteiger partial charge in [0.05, 0.1) is 12.6 Å². The number of fused-ring (bicyclic) bond motifs is 1. The minimum Gasteiger partial charge on any atom is -0.480 e. The van der Waals surface area contributed by atoms with Crippen LogP contribution in [-0.4, -0.2) is 65.7 Å². The van der Waals surface area contributed by atoms with Crippen LogP contribution in [0.2, 0.25) is 0 Å². The van der Waals surface area contributed by atoms with Crippen LogP contribution >= 0.6 is 34.0 Å². The first kappa shape index (κ1) is 32.5. The fourth-order valence-electron chi connectivity index (χ4n) is 5.06. The summed E-state index contributed by atoms with van der Waals surface area (Å²) in [6.07, 6.45) is 6.34. The third-order valence-corrected chi connectivity index (χ3v) is 7.02. The molecule has 1 aromatic rings. The minimum absolute atomic E-state index is 0. The molecule has 3 N–H and O–H groups in total. The van der Waals surface area contributed by atoms with Gasteiger partial charge in [0.2, 0.25) is 5.91 Å². The van der Waals surface area contributed by atoms with E-state index >= 15 is 0 Å². The van der Waals surface area contributed by atoms with Crippen molar-refractivity contribution in [2.45, 2.75) is 83.5 Å². The molecule has 2 heterocycles. The van der Waals surface area contributed by atoms with Crippen molar-refractivity contribution < 1.29 is 24.2 Å². The fraction of sp³-hybridized carbons (Fsp3) is 0.654. The highest BCUT2D eigenvalue weighted by molar-refractivity contribution is 8.93. The topological polar surface area (TPSA) is 108 Å². The molecule has 3 atom stereocenters. The number of carbonyl (C=O) groups is 3. The number of carbonyl (C=O) groups excluding carboxylic acids is 2. The summed E-state index contributed by atoms with van der Waals surface area (Å²) in [7, 11) is 0. The van der Waals surface area contributed by atoms with Gasteiger partial charge < -0.3 is 20.1 Å². The number of piperidine rings is 1. The molecule has 1 amide bonds. The first-order valence-corrected chi connectivity index (χ1v) is 12.6. The zero-order valence-corrected chi connectivity index (χ0v) is 24.7. The molecule has 10 heteroatoms. The van der Waals surface area contributed by atoms with Crippen molar-refractivity contribution in [2.24, 2.45) is 5.92 Å². The number of ether oxygens (including phenoxy) is 1. The van der Waals surface area contributed by atoms with Gasteiger partial charge in [0, 0.05) is 13.0 Å². The maximum absolute atomic E-state index is 13.3. The summed E-state index contributed by atoms with van der Waals surface area (Å²) < 4.78 is 5.25. The molecule has 1 aromatic carbocycles. The van der Waals surface area contributed by atoms with Crippen molar-refractivity contribution in [1.29, 1.82) is 0 Å². The third-order valence-electron chi connectivity index (χ3n) is 7.02. The van der Waals surface area contributed by atoms with Crippen LogP contribution in [0.15, 0.2) is 24.3 Å². The van der Waals surface area contributed by atoms with Crippen LogP contribution in [0.1, 0.15) is 63.5 Å². The number of nitrogens with zero attached hydrogens (tertiary/aromatic N) is 1. The van der Waals surface area contributed by atoms with Crippen molar-refractivity contribution in [3.63, 3.8) is 0 Å². The molecule has 0 spiro atoms. The number of carboxylic acids is 1. The Kier molecular flexibility index (Phi) is 14.8. The molecule has 8 nitrogen and oxygen atoms in total. The number of carboxylic acid groups (broad SMARTS) is 1. The van der Waals surface area contributed by atoms with E-state index in [1.807, 2.05) is 24.3 Å². The average molecular weight is 635 g/mol. The number of hydrogen-bond acceptors (Lipinski definition) is 6. The highest BCUT2D eigenvalue weighted by Gasteiger charge is 2.37. The average Bonchev–Trinajstić information content (AvgIpc) is 2.85. The van der Waals surface area contributed by atoms with E-state index in [1.165, 1.54) is 17.7 Å². The lowest BCUT2D eigenvalue weighted by Gasteiger charge is -2.36. The van der Waals surface area contributed by atoms with Crippen LogP contribution in [0.5, 0.6) is 0 Å². The number of amides is 1. The van der Waals surface area contributed by atoms with Gasteiger partial charge in [-0.05, 0) is 63.2 Å². The molecule has 3 rings (SSSR count). The lowest BCUT2D eigenvalue weighted by Crippen LogP contribution is -2.56. The first-order valence-electron chi connectivity index (χ1n) is 12.6. The second-order valence-electron chi connectivity index (χ2n) is 9.46. The predicted molar refractivity (Wildman–Crippen MR) is 150 cm³/mol. The van der Waals surface area contributed by atoms with E-state index in [2.05, 4.69) is 10.6 Å². The van der Waals surface area contributed by atoms with E-state index in [0.29, 0.717) is 6.42 Å². The SMILES string of the molecule is Br.Br.CCOC(=O)[C@H](CCCCC1CCNCC1)N[C@@H](C)C(=O)N1Cc2ccccc2C[C@H]1C(=O)O. The number of unbranched alkanes of at least 4 members (excludes halogenated alkanes) is 1. The largest absolute Gasteiger partial charge is 0.480 e. The fourth-order valence-corrected chi connectivity index (χ4v) is 5.06. The van der Waals surface area contributed by atoms with E-state index in [9.17, 15) is 19.5 Å². The quantitative estimate of drug-likeness (QED) is 0.252. The van der Waals surface area contributed by atoms with Crippen LogP contribution in [0.4, 0.5) is 0 Å². The van der Waals surface area contributed by atoms with E-state index < -0.39 is 24.1 Å². The molecule has 204 valence electrons. The van der Waals surface area contributed by atoms with Crippen molar-refractivity contribution in [1.82, 2.24) is 15.5 Å². The molecule has 0 unspecified atom stereocenters. The summed E-state index contributed by atoms with van der Waals surface area (Å²) in [6, 6.07) is 5.40. The predicted octanol–water partition coefficient (Wildman–Crippen LogP) is 3.65. The highest BCUT2D eigenvalue weighted by atomic mass is 79.9. The summed E-state index contributed by atoms with van der Waals surface area (Å²) in [5.74, 6) is -0.950. The molecule has 0 saturated carbocycles. The Hall–Kier alpha value is -1.49. The monoisotopic (exact) mass is 633 g/mol. The second-order valence-corrected chi connectivity index (χ2v) is 9.46. The number of halogens is 2. The van der Waals surface area contributed by atoms with Gasteiger partial charge >= 0.3 is 11.9 Å². The van der Waals surface area contributed by atoms with E-state index in [4.69, 9.17) is 4.74 Å². The standard InChI is InChI=1S/C26H39N3O5.2BrH/c1-3-34-26(33)22(11-7-4-8-19-12-14-27-15-13-19)28-18(2)24(30)29-17-21-10-6-5-9-20(21)16-23(29)25(31)32;;/h5-6,9-10,18-19,22-23,27-28H,3-4,7-8,11-17H2,1-2H3,(H,31,32);2*1H/t18-,22-,23-;;/m0../s1. The molecule has 1 saturated heterocycles. The molecule has 2 aliphatic rings. The van der Waals surface area contributed by atoms with Gasteiger partial charge in [-0.3, -0.25) is 14.9 Å². The molecule has 0 radical (unpaired) electrons. The summed E-state index contributed by atoms with van der Waals surface area (Å²) in [5.41, 5.74) is 1.91. The molecule has 0 bridgehead atoms. The molecule has 36 heavy (non-hydrogen) atoms. The molecule has 0 aliphatic carbocycles. The Morgan fingerprint density at radius 3 is 2.44 bits per heavy atom.